The van der Waals surface area contributed by atoms with Crippen molar-refractivity contribution in [3.05, 3.63) is 23.3 Å². The van der Waals surface area contributed by atoms with Crippen molar-refractivity contribution < 1.29 is 19.1 Å². The van der Waals surface area contributed by atoms with Gasteiger partial charge in [0.2, 0.25) is 0 Å². The third-order valence-corrected chi connectivity index (χ3v) is 7.24. The second-order valence-corrected chi connectivity index (χ2v) is 12.1. The number of allylic oxidation sites excluding steroid dienone is 4. The average molecular weight is 553 g/mol. The van der Waals surface area contributed by atoms with Gasteiger partial charge in [0.25, 0.3) is 0 Å². The first kappa shape index (κ1) is 41.9. The van der Waals surface area contributed by atoms with Gasteiger partial charge in [-0.15, -0.1) is 0 Å². The zero-order valence-electron chi connectivity index (χ0n) is 29.1. The molecule has 1 fully saturated rings. The van der Waals surface area contributed by atoms with Crippen molar-refractivity contribution in [2.45, 2.75) is 149 Å². The highest BCUT2D eigenvalue weighted by Gasteiger charge is 2.41. The lowest BCUT2D eigenvalue weighted by Gasteiger charge is -2.36. The van der Waals surface area contributed by atoms with Gasteiger partial charge >= 0.3 is 11.9 Å². The van der Waals surface area contributed by atoms with Gasteiger partial charge in [0.05, 0.1) is 25.0 Å². The molecule has 0 N–H and O–H groups in total. The van der Waals surface area contributed by atoms with Crippen molar-refractivity contribution in [3.8, 4) is 0 Å². The highest BCUT2D eigenvalue weighted by molar-refractivity contribution is 5.83. The Kier molecular flexibility index (Phi) is 22.8. The third kappa shape index (κ3) is 17.7. The normalized spacial score (nSPS) is 19.5. The Morgan fingerprint density at radius 1 is 0.872 bits per heavy atom. The summed E-state index contributed by atoms with van der Waals surface area (Å²) >= 11 is 0. The number of hydrogen-bond donors (Lipinski definition) is 0. The molecular weight excluding hydrogens is 484 g/mol. The van der Waals surface area contributed by atoms with Crippen LogP contribution in [0.1, 0.15) is 149 Å². The highest BCUT2D eigenvalue weighted by Crippen LogP contribution is 2.44. The van der Waals surface area contributed by atoms with Crippen LogP contribution in [0, 0.1) is 28.1 Å². The van der Waals surface area contributed by atoms with Crippen LogP contribution in [0.25, 0.3) is 0 Å². The molecule has 0 aromatic heterocycles. The van der Waals surface area contributed by atoms with Crippen molar-refractivity contribution in [1.29, 1.82) is 0 Å². The second kappa shape index (κ2) is 21.2. The lowest BCUT2D eigenvalue weighted by molar-refractivity contribution is -0.160. The smallest absolute Gasteiger partial charge is 0.310 e. The summed E-state index contributed by atoms with van der Waals surface area (Å²) < 4.78 is 10.5. The minimum Gasteiger partial charge on any atom is -0.466 e. The van der Waals surface area contributed by atoms with E-state index in [0.717, 1.165) is 18.3 Å². The van der Waals surface area contributed by atoms with Crippen molar-refractivity contribution >= 4 is 11.9 Å². The number of ether oxygens (including phenoxy) is 2. The predicted octanol–water partition coefficient (Wildman–Crippen LogP) is 10.7. The van der Waals surface area contributed by atoms with Gasteiger partial charge in [0, 0.05) is 0 Å². The first-order valence-electron chi connectivity index (χ1n) is 15.8. The Bertz CT molecular complexity index is 713. The van der Waals surface area contributed by atoms with Gasteiger partial charge in [-0.25, -0.2) is 0 Å². The Labute approximate surface area is 244 Å². The molecule has 0 radical (unpaired) electrons. The summed E-state index contributed by atoms with van der Waals surface area (Å²) in [7, 11) is 0. The van der Waals surface area contributed by atoms with E-state index in [1.54, 1.807) is 13.8 Å². The summed E-state index contributed by atoms with van der Waals surface area (Å²) in [5.74, 6) is -1.48. The van der Waals surface area contributed by atoms with Gasteiger partial charge < -0.3 is 9.47 Å². The molecule has 0 heterocycles. The van der Waals surface area contributed by atoms with Gasteiger partial charge in [-0.2, -0.15) is 0 Å². The van der Waals surface area contributed by atoms with Gasteiger partial charge in [-0.05, 0) is 75.5 Å². The third-order valence-electron chi connectivity index (χ3n) is 7.24. The zero-order chi connectivity index (χ0) is 31.4. The number of hydrogen-bond acceptors (Lipinski definition) is 4. The van der Waals surface area contributed by atoms with Crippen LogP contribution < -0.4 is 0 Å². The van der Waals surface area contributed by atoms with Gasteiger partial charge in [0.15, 0.2) is 0 Å². The molecule has 2 aliphatic carbocycles. The highest BCUT2D eigenvalue weighted by atomic mass is 16.5. The minimum absolute atomic E-state index is 0.0287. The topological polar surface area (TPSA) is 52.6 Å². The molecule has 0 aromatic rings. The minimum atomic E-state index is -0.454. The lowest BCUT2D eigenvalue weighted by Crippen LogP contribution is -2.36. The van der Waals surface area contributed by atoms with Crippen LogP contribution in [-0.4, -0.2) is 25.2 Å². The van der Waals surface area contributed by atoms with Crippen LogP contribution in [0.2, 0.25) is 0 Å². The molecule has 232 valence electrons. The molecule has 0 aromatic carbocycles. The van der Waals surface area contributed by atoms with Gasteiger partial charge in [-0.1, -0.05) is 113 Å². The van der Waals surface area contributed by atoms with Crippen molar-refractivity contribution in [3.63, 3.8) is 0 Å². The van der Waals surface area contributed by atoms with Gasteiger partial charge in [0.1, 0.15) is 0 Å². The van der Waals surface area contributed by atoms with E-state index < -0.39 is 11.8 Å². The van der Waals surface area contributed by atoms with E-state index in [1.807, 2.05) is 41.5 Å². The van der Waals surface area contributed by atoms with E-state index in [1.165, 1.54) is 24.0 Å². The Morgan fingerprint density at radius 3 is 1.64 bits per heavy atom. The molecule has 2 aliphatic rings. The number of esters is 2. The van der Waals surface area contributed by atoms with Gasteiger partial charge in [-0.3, -0.25) is 9.59 Å². The molecule has 0 spiro atoms. The van der Waals surface area contributed by atoms with E-state index in [9.17, 15) is 9.59 Å². The number of rotatable bonds is 8. The number of carbonyl (C=O) groups is 2. The molecule has 4 nitrogen and oxygen atoms in total. The molecule has 2 rings (SSSR count). The number of carbonyl (C=O) groups excluding carboxylic acids is 2. The van der Waals surface area contributed by atoms with Crippen LogP contribution in [-0.2, 0) is 19.1 Å². The predicted molar refractivity (Wildman–Crippen MR) is 171 cm³/mol. The monoisotopic (exact) mass is 553 g/mol. The SMILES string of the molecule is CC.CC.CC.CC1(C)CC1.CCOC(=O)C1CC=C(C(C)(C)CC/C=C(\C)C(C)(C)C)CC1C(=O)OCC. The maximum Gasteiger partial charge on any atom is 0.310 e. The van der Waals surface area contributed by atoms with Crippen LogP contribution in [0.5, 0.6) is 0 Å². The van der Waals surface area contributed by atoms with Crippen molar-refractivity contribution in [2.75, 3.05) is 13.2 Å². The summed E-state index contributed by atoms with van der Waals surface area (Å²) in [6, 6.07) is 0. The molecule has 4 heteroatoms. The molecule has 39 heavy (non-hydrogen) atoms. The van der Waals surface area contributed by atoms with E-state index in [0.29, 0.717) is 26.1 Å². The first-order chi connectivity index (χ1) is 18.1. The molecule has 0 aliphatic heterocycles. The second-order valence-electron chi connectivity index (χ2n) is 12.1. The van der Waals surface area contributed by atoms with Crippen LogP contribution >= 0.6 is 0 Å². The van der Waals surface area contributed by atoms with Crippen LogP contribution in [0.4, 0.5) is 0 Å². The molecule has 2 atom stereocenters. The Morgan fingerprint density at radius 2 is 1.28 bits per heavy atom. The maximum atomic E-state index is 12.5. The summed E-state index contributed by atoms with van der Waals surface area (Å²) in [5, 5.41) is 0. The van der Waals surface area contributed by atoms with E-state index in [-0.39, 0.29) is 22.8 Å². The fourth-order valence-corrected chi connectivity index (χ4v) is 3.82. The van der Waals surface area contributed by atoms with Crippen LogP contribution in [0.3, 0.4) is 0 Å². The quantitative estimate of drug-likeness (QED) is 0.222. The lowest BCUT2D eigenvalue weighted by atomic mass is 9.69. The fraction of sp³-hybridized carbons (Fsp3) is 0.829. The van der Waals surface area contributed by atoms with Crippen molar-refractivity contribution in [2.24, 2.45) is 28.1 Å². The van der Waals surface area contributed by atoms with E-state index in [2.05, 4.69) is 67.5 Å². The largest absolute Gasteiger partial charge is 0.466 e. The fourth-order valence-electron chi connectivity index (χ4n) is 3.82. The molecule has 0 bridgehead atoms. The maximum absolute atomic E-state index is 12.5. The van der Waals surface area contributed by atoms with E-state index >= 15 is 0 Å². The molecule has 0 saturated heterocycles. The van der Waals surface area contributed by atoms with Crippen LogP contribution in [0.15, 0.2) is 23.3 Å². The Hall–Kier alpha value is -1.58. The summed E-state index contributed by atoms with van der Waals surface area (Å²) in [4.78, 5) is 24.9. The molecular formula is C35H68O4. The Balaban J connectivity index is -0.000000998. The zero-order valence-corrected chi connectivity index (χ0v) is 29.1. The summed E-state index contributed by atoms with van der Waals surface area (Å²) in [6.07, 6.45) is 10.5. The first-order valence-corrected chi connectivity index (χ1v) is 15.8. The van der Waals surface area contributed by atoms with Crippen molar-refractivity contribution in [1.82, 2.24) is 0 Å². The summed E-state index contributed by atoms with van der Waals surface area (Å²) in [6.45, 7) is 34.2. The molecule has 2 unspecified atom stereocenters. The standard InChI is InChI=1S/C24H40O4.C5H10.3C2H6/c1-9-27-21(25)19-14-13-18(16-20(19)22(26)28-10-2)24(7,8)15-11-12-17(3)23(4,5)6;1-5(2)3-4-5;3*1-2/h12-13,19-20H,9-11,14-16H2,1-8H3;3-4H2,1-2H3;3*1-2H3/b17-12+;;;;. The molecule has 1 saturated carbocycles. The average Bonchev–Trinajstić information content (AvgIpc) is 3.61. The van der Waals surface area contributed by atoms with E-state index in [4.69, 9.17) is 9.47 Å². The molecule has 0 amide bonds. The summed E-state index contributed by atoms with van der Waals surface area (Å²) in [5.41, 5.74) is 3.55.